The minimum atomic E-state index is -0.209. The lowest BCUT2D eigenvalue weighted by atomic mass is 9.76. The maximum atomic E-state index is 12.5. The topological polar surface area (TPSA) is 23.6 Å². The summed E-state index contributed by atoms with van der Waals surface area (Å²) in [5, 5.41) is 0.342. The number of amides is 1. The zero-order valence-corrected chi connectivity index (χ0v) is 13.9. The fraction of sp³-hybridized carbons (Fsp3) is 0.857. The summed E-state index contributed by atoms with van der Waals surface area (Å²) in [4.78, 5) is 16.6. The number of thioether (sulfide) groups is 1. The van der Waals surface area contributed by atoms with Gasteiger partial charge in [0.05, 0.1) is 5.41 Å². The highest BCUT2D eigenvalue weighted by Gasteiger charge is 2.55. The monoisotopic (exact) mass is 300 g/mol. The molecule has 0 spiro atoms. The molecule has 2 fully saturated rings. The summed E-state index contributed by atoms with van der Waals surface area (Å²) < 4.78 is 0.956. The van der Waals surface area contributed by atoms with E-state index in [2.05, 4.69) is 25.7 Å². The van der Waals surface area contributed by atoms with Gasteiger partial charge in [0.25, 0.3) is 0 Å². The Kier molecular flexibility index (Phi) is 4.45. The summed E-state index contributed by atoms with van der Waals surface area (Å²) in [6, 6.07) is 0.455. The van der Waals surface area contributed by atoms with Crippen LogP contribution in [-0.4, -0.2) is 51.5 Å². The first-order valence-electron chi connectivity index (χ1n) is 7.16. The highest BCUT2D eigenvalue weighted by molar-refractivity contribution is 8.23. The summed E-state index contributed by atoms with van der Waals surface area (Å²) in [5.74, 6) is 0.315. The molecular weight excluding hydrogens is 276 g/mol. The molecule has 1 amide bonds. The van der Waals surface area contributed by atoms with Gasteiger partial charge in [-0.3, -0.25) is 4.79 Å². The van der Waals surface area contributed by atoms with E-state index in [1.807, 2.05) is 11.9 Å². The quantitative estimate of drug-likeness (QED) is 0.748. The van der Waals surface area contributed by atoms with Gasteiger partial charge in [0, 0.05) is 31.4 Å². The van der Waals surface area contributed by atoms with Gasteiger partial charge in [0.15, 0.2) is 0 Å². The van der Waals surface area contributed by atoms with Crippen molar-refractivity contribution in [2.75, 3.05) is 20.1 Å². The molecule has 0 unspecified atom stereocenters. The van der Waals surface area contributed by atoms with Crippen LogP contribution in [0.4, 0.5) is 0 Å². The predicted octanol–water partition coefficient (Wildman–Crippen LogP) is 2.75. The van der Waals surface area contributed by atoms with E-state index in [1.165, 1.54) is 0 Å². The molecule has 3 atom stereocenters. The second kappa shape index (κ2) is 5.60. The van der Waals surface area contributed by atoms with E-state index in [0.717, 1.165) is 36.7 Å². The van der Waals surface area contributed by atoms with Crippen molar-refractivity contribution < 1.29 is 4.79 Å². The van der Waals surface area contributed by atoms with Crippen molar-refractivity contribution in [2.45, 2.75) is 51.3 Å². The van der Waals surface area contributed by atoms with Crippen molar-refractivity contribution in [3.63, 3.8) is 0 Å². The van der Waals surface area contributed by atoms with Gasteiger partial charge in [0.1, 0.15) is 4.32 Å². The first-order valence-corrected chi connectivity index (χ1v) is 8.45. The summed E-state index contributed by atoms with van der Waals surface area (Å²) in [5.41, 5.74) is -0.209. The van der Waals surface area contributed by atoms with Crippen LogP contribution in [0.25, 0.3) is 0 Å². The maximum Gasteiger partial charge on any atom is 0.229 e. The highest BCUT2D eigenvalue weighted by atomic mass is 32.2. The van der Waals surface area contributed by atoms with E-state index in [9.17, 15) is 4.79 Å². The Morgan fingerprint density at radius 1 is 1.47 bits per heavy atom. The van der Waals surface area contributed by atoms with Gasteiger partial charge in [-0.2, -0.15) is 0 Å². The van der Waals surface area contributed by atoms with Crippen LogP contribution in [0.3, 0.4) is 0 Å². The molecule has 19 heavy (non-hydrogen) atoms. The number of likely N-dealkylation sites (tertiary alicyclic amines) is 1. The number of hydrogen-bond acceptors (Lipinski definition) is 3. The van der Waals surface area contributed by atoms with Crippen LogP contribution in [0.2, 0.25) is 0 Å². The molecule has 0 aromatic carbocycles. The van der Waals surface area contributed by atoms with Crippen molar-refractivity contribution in [1.82, 2.24) is 9.80 Å². The smallest absolute Gasteiger partial charge is 0.229 e. The third-order valence-corrected chi connectivity index (χ3v) is 6.80. The highest BCUT2D eigenvalue weighted by Crippen LogP contribution is 2.50. The Bertz CT molecular complexity index is 384. The van der Waals surface area contributed by atoms with Gasteiger partial charge < -0.3 is 9.80 Å². The number of hydrogen-bond donors (Lipinski definition) is 0. The van der Waals surface area contributed by atoms with E-state index >= 15 is 0 Å². The Labute approximate surface area is 126 Å². The predicted molar refractivity (Wildman–Crippen MR) is 85.4 cm³/mol. The van der Waals surface area contributed by atoms with Crippen LogP contribution >= 0.6 is 24.0 Å². The molecule has 0 N–H and O–H groups in total. The summed E-state index contributed by atoms with van der Waals surface area (Å²) >= 11 is 7.30. The standard InChI is InChI=1S/C14H24N2OS2/c1-5-16(6-2)13(18)19-11-8-7-10-9-14(11,3)12(17)15(10)4/h10-11H,5-9H2,1-4H3/t10-,11-,14-/m1/s1. The molecule has 2 bridgehead atoms. The summed E-state index contributed by atoms with van der Waals surface area (Å²) in [6.45, 7) is 8.28. The van der Waals surface area contributed by atoms with Gasteiger partial charge in [0.2, 0.25) is 5.91 Å². The Morgan fingerprint density at radius 2 is 2.11 bits per heavy atom. The molecule has 1 heterocycles. The van der Waals surface area contributed by atoms with Gasteiger partial charge in [-0.15, -0.1) is 0 Å². The van der Waals surface area contributed by atoms with E-state index in [4.69, 9.17) is 12.2 Å². The van der Waals surface area contributed by atoms with Crippen molar-refractivity contribution in [3.05, 3.63) is 0 Å². The number of fused-ring (bicyclic) bond motifs is 2. The van der Waals surface area contributed by atoms with Gasteiger partial charge in [-0.1, -0.05) is 24.0 Å². The molecule has 2 aliphatic rings. The van der Waals surface area contributed by atoms with Crippen LogP contribution in [0.5, 0.6) is 0 Å². The van der Waals surface area contributed by atoms with Crippen molar-refractivity contribution in [3.8, 4) is 0 Å². The van der Waals surface area contributed by atoms with Crippen molar-refractivity contribution in [1.29, 1.82) is 0 Å². The van der Waals surface area contributed by atoms with Gasteiger partial charge in [-0.25, -0.2) is 0 Å². The Hall–Kier alpha value is -0.290. The van der Waals surface area contributed by atoms with E-state index in [-0.39, 0.29) is 5.41 Å². The lowest BCUT2D eigenvalue weighted by Crippen LogP contribution is -2.40. The lowest BCUT2D eigenvalue weighted by Gasteiger charge is -2.36. The third-order valence-electron chi connectivity index (χ3n) is 4.75. The number of carbonyl (C=O) groups excluding carboxylic acids is 1. The molecule has 0 radical (unpaired) electrons. The lowest BCUT2D eigenvalue weighted by molar-refractivity contribution is -0.134. The molecule has 3 nitrogen and oxygen atoms in total. The molecule has 0 aromatic heterocycles. The van der Waals surface area contributed by atoms with E-state index < -0.39 is 0 Å². The largest absolute Gasteiger partial charge is 0.358 e. The summed E-state index contributed by atoms with van der Waals surface area (Å²) in [7, 11) is 1.95. The number of rotatable bonds is 3. The average molecular weight is 300 g/mol. The molecule has 108 valence electrons. The number of thiocarbonyl (C=S) groups is 1. The fourth-order valence-electron chi connectivity index (χ4n) is 3.38. The molecule has 1 saturated heterocycles. The van der Waals surface area contributed by atoms with Crippen LogP contribution in [0.15, 0.2) is 0 Å². The van der Waals surface area contributed by atoms with E-state index in [0.29, 0.717) is 17.2 Å². The molecule has 2 rings (SSSR count). The summed E-state index contributed by atoms with van der Waals surface area (Å²) in [6.07, 6.45) is 3.22. The SMILES string of the molecule is CCN(CC)C(=S)S[C@@H]1CC[C@@H]2C[C@@]1(C)C(=O)N2C. The number of nitrogens with zero attached hydrogens (tertiary/aromatic N) is 2. The van der Waals surface area contributed by atoms with Gasteiger partial charge in [-0.05, 0) is 40.0 Å². The fourth-order valence-corrected chi connectivity index (χ4v) is 5.35. The first-order chi connectivity index (χ1) is 8.93. The van der Waals surface area contributed by atoms with Crippen molar-refractivity contribution in [2.24, 2.45) is 5.41 Å². The Balaban J connectivity index is 2.09. The van der Waals surface area contributed by atoms with E-state index in [1.54, 1.807) is 11.8 Å². The molecular formula is C14H24N2OS2. The number of carbonyl (C=O) groups is 1. The normalized spacial score (nSPS) is 33.7. The molecule has 1 saturated carbocycles. The molecule has 1 aliphatic heterocycles. The molecule has 1 aliphatic carbocycles. The van der Waals surface area contributed by atoms with Crippen LogP contribution in [0.1, 0.15) is 40.0 Å². The zero-order chi connectivity index (χ0) is 14.2. The minimum Gasteiger partial charge on any atom is -0.358 e. The Morgan fingerprint density at radius 3 is 2.68 bits per heavy atom. The molecule has 5 heteroatoms. The maximum absolute atomic E-state index is 12.5. The zero-order valence-electron chi connectivity index (χ0n) is 12.3. The first kappa shape index (κ1) is 15.1. The minimum absolute atomic E-state index is 0.209. The third kappa shape index (κ3) is 2.51. The van der Waals surface area contributed by atoms with Crippen LogP contribution < -0.4 is 0 Å². The van der Waals surface area contributed by atoms with Crippen LogP contribution in [0, 0.1) is 5.41 Å². The second-order valence-corrected chi connectivity index (χ2v) is 7.65. The second-order valence-electron chi connectivity index (χ2n) is 5.81. The van der Waals surface area contributed by atoms with Crippen molar-refractivity contribution >= 4 is 34.2 Å². The van der Waals surface area contributed by atoms with Crippen LogP contribution in [-0.2, 0) is 4.79 Å². The van der Waals surface area contributed by atoms with Gasteiger partial charge >= 0.3 is 0 Å². The average Bonchev–Trinajstić information content (AvgIpc) is 2.57. The molecule has 0 aromatic rings.